The molecule has 0 aliphatic heterocycles. The summed E-state index contributed by atoms with van der Waals surface area (Å²) in [6, 6.07) is 10.3. The molecule has 2 heteroatoms. The molecule has 0 spiro atoms. The van der Waals surface area contributed by atoms with Gasteiger partial charge in [0, 0.05) is 10.6 Å². The Labute approximate surface area is 84.2 Å². The molecule has 1 aromatic carbocycles. The maximum absolute atomic E-state index is 9.48. The molecule has 1 rings (SSSR count). The number of hydrogen-bond acceptors (Lipinski definition) is 2. The van der Waals surface area contributed by atoms with Crippen LogP contribution < -0.4 is 0 Å². The van der Waals surface area contributed by atoms with Gasteiger partial charge in [0.05, 0.1) is 5.60 Å². The first-order chi connectivity index (χ1) is 6.08. The van der Waals surface area contributed by atoms with Crippen LogP contribution in [0.5, 0.6) is 0 Å². The first-order valence-electron chi connectivity index (χ1n) is 4.48. The van der Waals surface area contributed by atoms with Gasteiger partial charge in [0.15, 0.2) is 0 Å². The second-order valence-electron chi connectivity index (χ2n) is 3.72. The molecule has 72 valence electrons. The number of benzene rings is 1. The molecular formula is C11H16OS. The maximum atomic E-state index is 9.48. The minimum Gasteiger partial charge on any atom is -0.390 e. The van der Waals surface area contributed by atoms with E-state index < -0.39 is 5.60 Å². The van der Waals surface area contributed by atoms with Crippen molar-refractivity contribution >= 4 is 11.8 Å². The topological polar surface area (TPSA) is 20.2 Å². The predicted molar refractivity (Wildman–Crippen MR) is 58.1 cm³/mol. The van der Waals surface area contributed by atoms with E-state index in [0.717, 1.165) is 12.2 Å². The van der Waals surface area contributed by atoms with Gasteiger partial charge in [-0.05, 0) is 32.4 Å². The smallest absolute Gasteiger partial charge is 0.0599 e. The highest BCUT2D eigenvalue weighted by atomic mass is 32.2. The van der Waals surface area contributed by atoms with Crippen molar-refractivity contribution in [1.29, 1.82) is 0 Å². The van der Waals surface area contributed by atoms with Crippen LogP contribution in [0.1, 0.15) is 20.3 Å². The highest BCUT2D eigenvalue weighted by Gasteiger charge is 2.11. The Kier molecular flexibility index (Phi) is 3.82. The van der Waals surface area contributed by atoms with Gasteiger partial charge in [-0.25, -0.2) is 0 Å². The lowest BCUT2D eigenvalue weighted by Gasteiger charge is -2.15. The molecule has 0 amide bonds. The van der Waals surface area contributed by atoms with Crippen molar-refractivity contribution in [3.8, 4) is 0 Å². The Morgan fingerprint density at radius 1 is 1.23 bits per heavy atom. The lowest BCUT2D eigenvalue weighted by molar-refractivity contribution is 0.0778. The van der Waals surface area contributed by atoms with E-state index in [1.54, 1.807) is 11.8 Å². The Bertz CT molecular complexity index is 238. The zero-order chi connectivity index (χ0) is 9.73. The predicted octanol–water partition coefficient (Wildman–Crippen LogP) is 2.94. The molecule has 0 radical (unpaired) electrons. The van der Waals surface area contributed by atoms with E-state index in [-0.39, 0.29) is 0 Å². The molecule has 0 saturated heterocycles. The second-order valence-corrected chi connectivity index (χ2v) is 4.89. The quantitative estimate of drug-likeness (QED) is 0.747. The fourth-order valence-corrected chi connectivity index (χ4v) is 2.12. The SMILES string of the molecule is CC(C)(O)CCSc1ccccc1. The van der Waals surface area contributed by atoms with Gasteiger partial charge in [0.1, 0.15) is 0 Å². The first kappa shape index (κ1) is 10.6. The highest BCUT2D eigenvalue weighted by Crippen LogP contribution is 2.20. The molecule has 13 heavy (non-hydrogen) atoms. The van der Waals surface area contributed by atoms with Crippen molar-refractivity contribution in [3.63, 3.8) is 0 Å². The van der Waals surface area contributed by atoms with Crippen LogP contribution in [0.4, 0.5) is 0 Å². The van der Waals surface area contributed by atoms with Gasteiger partial charge < -0.3 is 5.11 Å². The Hall–Kier alpha value is -0.470. The Balaban J connectivity index is 2.29. The van der Waals surface area contributed by atoms with Gasteiger partial charge in [-0.15, -0.1) is 11.8 Å². The van der Waals surface area contributed by atoms with Crippen LogP contribution in [-0.2, 0) is 0 Å². The fraction of sp³-hybridized carbons (Fsp3) is 0.455. The molecule has 0 aromatic heterocycles. The summed E-state index contributed by atoms with van der Waals surface area (Å²) in [5, 5.41) is 9.48. The van der Waals surface area contributed by atoms with Gasteiger partial charge >= 0.3 is 0 Å². The Morgan fingerprint density at radius 2 is 1.85 bits per heavy atom. The summed E-state index contributed by atoms with van der Waals surface area (Å²) in [6.07, 6.45) is 0.826. The molecule has 1 nitrogen and oxygen atoms in total. The zero-order valence-electron chi connectivity index (χ0n) is 8.16. The average Bonchev–Trinajstić information content (AvgIpc) is 2.04. The van der Waals surface area contributed by atoms with E-state index in [9.17, 15) is 5.11 Å². The van der Waals surface area contributed by atoms with E-state index in [1.165, 1.54) is 4.90 Å². The lowest BCUT2D eigenvalue weighted by Crippen LogP contribution is -2.18. The van der Waals surface area contributed by atoms with Gasteiger partial charge in [0.25, 0.3) is 0 Å². The van der Waals surface area contributed by atoms with Crippen molar-refractivity contribution in [1.82, 2.24) is 0 Å². The van der Waals surface area contributed by atoms with Crippen molar-refractivity contribution in [2.24, 2.45) is 0 Å². The van der Waals surface area contributed by atoms with Gasteiger partial charge in [-0.3, -0.25) is 0 Å². The maximum Gasteiger partial charge on any atom is 0.0599 e. The summed E-state index contributed by atoms with van der Waals surface area (Å²) in [5.41, 5.74) is -0.540. The molecule has 0 bridgehead atoms. The Morgan fingerprint density at radius 3 is 2.38 bits per heavy atom. The average molecular weight is 196 g/mol. The van der Waals surface area contributed by atoms with Crippen LogP contribution in [0.2, 0.25) is 0 Å². The zero-order valence-corrected chi connectivity index (χ0v) is 8.97. The van der Waals surface area contributed by atoms with Crippen LogP contribution in [0, 0.1) is 0 Å². The second kappa shape index (κ2) is 4.68. The highest BCUT2D eigenvalue weighted by molar-refractivity contribution is 7.99. The van der Waals surface area contributed by atoms with E-state index in [0.29, 0.717) is 0 Å². The van der Waals surface area contributed by atoms with Crippen molar-refractivity contribution in [3.05, 3.63) is 30.3 Å². The molecule has 1 N–H and O–H groups in total. The van der Waals surface area contributed by atoms with Gasteiger partial charge in [-0.2, -0.15) is 0 Å². The minimum atomic E-state index is -0.540. The van der Waals surface area contributed by atoms with E-state index in [1.807, 2.05) is 32.0 Å². The first-order valence-corrected chi connectivity index (χ1v) is 5.47. The summed E-state index contributed by atoms with van der Waals surface area (Å²) >= 11 is 1.79. The third-order valence-electron chi connectivity index (χ3n) is 1.73. The van der Waals surface area contributed by atoms with Crippen molar-refractivity contribution < 1.29 is 5.11 Å². The third-order valence-corrected chi connectivity index (χ3v) is 2.74. The van der Waals surface area contributed by atoms with Crippen LogP contribution in [-0.4, -0.2) is 16.5 Å². The van der Waals surface area contributed by atoms with E-state index in [2.05, 4.69) is 12.1 Å². The summed E-state index contributed by atoms with van der Waals surface area (Å²) in [6.45, 7) is 3.69. The van der Waals surface area contributed by atoms with Crippen LogP contribution >= 0.6 is 11.8 Å². The number of rotatable bonds is 4. The monoisotopic (exact) mass is 196 g/mol. The number of hydrogen-bond donors (Lipinski definition) is 1. The summed E-state index contributed by atoms with van der Waals surface area (Å²) in [5.74, 6) is 0.966. The van der Waals surface area contributed by atoms with E-state index in [4.69, 9.17) is 0 Å². The molecule has 0 atom stereocenters. The molecule has 0 saturated carbocycles. The molecule has 0 unspecified atom stereocenters. The summed E-state index contributed by atoms with van der Waals surface area (Å²) < 4.78 is 0. The van der Waals surface area contributed by atoms with Crippen molar-refractivity contribution in [2.75, 3.05) is 5.75 Å². The number of thioether (sulfide) groups is 1. The van der Waals surface area contributed by atoms with E-state index >= 15 is 0 Å². The largest absolute Gasteiger partial charge is 0.390 e. The number of aliphatic hydroxyl groups is 1. The third kappa shape index (κ3) is 4.96. The van der Waals surface area contributed by atoms with Crippen LogP contribution in [0.15, 0.2) is 35.2 Å². The molecular weight excluding hydrogens is 180 g/mol. The summed E-state index contributed by atoms with van der Waals surface area (Å²) in [7, 11) is 0. The normalized spacial score (nSPS) is 11.6. The molecule has 1 aromatic rings. The van der Waals surface area contributed by atoms with Crippen LogP contribution in [0.3, 0.4) is 0 Å². The molecule has 0 aliphatic carbocycles. The molecule has 0 fully saturated rings. The fourth-order valence-electron chi connectivity index (χ4n) is 0.935. The molecule has 0 aliphatic rings. The standard InChI is InChI=1S/C11H16OS/c1-11(2,12)8-9-13-10-6-4-3-5-7-10/h3-7,12H,8-9H2,1-2H3. The van der Waals surface area contributed by atoms with Crippen molar-refractivity contribution in [2.45, 2.75) is 30.8 Å². The van der Waals surface area contributed by atoms with Crippen LogP contribution in [0.25, 0.3) is 0 Å². The lowest BCUT2D eigenvalue weighted by atomic mass is 10.1. The van der Waals surface area contributed by atoms with Gasteiger partial charge in [0.2, 0.25) is 0 Å². The molecule has 0 heterocycles. The minimum absolute atomic E-state index is 0.540. The summed E-state index contributed by atoms with van der Waals surface area (Å²) in [4.78, 5) is 1.27. The van der Waals surface area contributed by atoms with Gasteiger partial charge in [-0.1, -0.05) is 18.2 Å².